The van der Waals surface area contributed by atoms with E-state index in [9.17, 15) is 0 Å². The minimum absolute atomic E-state index is 0.128. The SMILES string of the molecule is Nc1cc(Cl)c(OCC2CCC3(CCCC3)O2)c(Cl)c1. The number of hydrogen-bond acceptors (Lipinski definition) is 3. The first-order valence-corrected chi connectivity index (χ1v) is 7.89. The average Bonchev–Trinajstić information content (AvgIpc) is 2.99. The summed E-state index contributed by atoms with van der Waals surface area (Å²) in [6.07, 6.45) is 7.26. The lowest BCUT2D eigenvalue weighted by molar-refractivity contribution is -0.0508. The van der Waals surface area contributed by atoms with Gasteiger partial charge in [0.15, 0.2) is 5.75 Å². The van der Waals surface area contributed by atoms with E-state index in [1.807, 2.05) is 0 Å². The molecule has 0 amide bonds. The Labute approximate surface area is 129 Å². The highest BCUT2D eigenvalue weighted by atomic mass is 35.5. The molecule has 2 fully saturated rings. The first-order chi connectivity index (χ1) is 9.58. The van der Waals surface area contributed by atoms with E-state index in [0.29, 0.717) is 28.1 Å². The van der Waals surface area contributed by atoms with E-state index in [4.69, 9.17) is 38.4 Å². The normalized spacial score (nSPS) is 24.4. The van der Waals surface area contributed by atoms with Gasteiger partial charge in [-0.15, -0.1) is 0 Å². The summed E-state index contributed by atoms with van der Waals surface area (Å²) < 4.78 is 12.0. The van der Waals surface area contributed by atoms with E-state index in [1.54, 1.807) is 12.1 Å². The van der Waals surface area contributed by atoms with Gasteiger partial charge < -0.3 is 15.2 Å². The molecule has 1 aliphatic carbocycles. The van der Waals surface area contributed by atoms with Crippen LogP contribution < -0.4 is 10.5 Å². The molecular formula is C15H19Cl2NO2. The smallest absolute Gasteiger partial charge is 0.156 e. The summed E-state index contributed by atoms with van der Waals surface area (Å²) in [6.45, 7) is 0.491. The highest BCUT2D eigenvalue weighted by Crippen LogP contribution is 2.43. The Kier molecular flexibility index (Phi) is 4.02. The summed E-state index contributed by atoms with van der Waals surface area (Å²) in [6, 6.07) is 3.30. The predicted octanol–water partition coefficient (Wildman–Crippen LogP) is 4.45. The summed E-state index contributed by atoms with van der Waals surface area (Å²) in [4.78, 5) is 0. The number of hydrogen-bond donors (Lipinski definition) is 1. The van der Waals surface area contributed by atoms with Crippen LogP contribution in [0.2, 0.25) is 10.0 Å². The second-order valence-corrected chi connectivity index (χ2v) is 6.61. The lowest BCUT2D eigenvalue weighted by Crippen LogP contribution is -2.27. The third-order valence-electron chi connectivity index (χ3n) is 4.29. The molecule has 110 valence electrons. The van der Waals surface area contributed by atoms with Gasteiger partial charge in [-0.3, -0.25) is 0 Å². The molecular weight excluding hydrogens is 297 g/mol. The molecule has 2 aliphatic rings. The summed E-state index contributed by atoms with van der Waals surface area (Å²) in [5.41, 5.74) is 6.34. The summed E-state index contributed by atoms with van der Waals surface area (Å²) in [7, 11) is 0. The molecule has 2 N–H and O–H groups in total. The highest BCUT2D eigenvalue weighted by Gasteiger charge is 2.42. The number of benzene rings is 1. The first kappa shape index (κ1) is 14.3. The van der Waals surface area contributed by atoms with Gasteiger partial charge in [-0.2, -0.15) is 0 Å². The standard InChI is InChI=1S/C15H19Cl2NO2/c16-12-7-10(18)8-13(17)14(12)19-9-11-3-6-15(20-11)4-1-2-5-15/h7-8,11H,1-6,9,18H2. The van der Waals surface area contributed by atoms with Crippen LogP contribution in [0.5, 0.6) is 5.75 Å². The average molecular weight is 316 g/mol. The van der Waals surface area contributed by atoms with Crippen LogP contribution in [0.25, 0.3) is 0 Å². The van der Waals surface area contributed by atoms with Crippen molar-refractivity contribution in [2.75, 3.05) is 12.3 Å². The van der Waals surface area contributed by atoms with Crippen molar-refractivity contribution in [3.8, 4) is 5.75 Å². The number of ether oxygens (including phenoxy) is 2. The largest absolute Gasteiger partial charge is 0.488 e. The molecule has 1 spiro atoms. The number of nitrogens with two attached hydrogens (primary N) is 1. The van der Waals surface area contributed by atoms with Crippen LogP contribution in [0, 0.1) is 0 Å². The fraction of sp³-hybridized carbons (Fsp3) is 0.600. The second kappa shape index (κ2) is 5.63. The van der Waals surface area contributed by atoms with Gasteiger partial charge in [-0.05, 0) is 37.8 Å². The van der Waals surface area contributed by atoms with Crippen molar-refractivity contribution in [2.24, 2.45) is 0 Å². The second-order valence-electron chi connectivity index (χ2n) is 5.79. The molecule has 0 radical (unpaired) electrons. The Hall–Kier alpha value is -0.640. The monoisotopic (exact) mass is 315 g/mol. The van der Waals surface area contributed by atoms with Crippen LogP contribution in [0.4, 0.5) is 5.69 Å². The van der Waals surface area contributed by atoms with Crippen LogP contribution in [0.3, 0.4) is 0 Å². The third-order valence-corrected chi connectivity index (χ3v) is 4.85. The van der Waals surface area contributed by atoms with Crippen molar-refractivity contribution < 1.29 is 9.47 Å². The topological polar surface area (TPSA) is 44.5 Å². The molecule has 0 bridgehead atoms. The van der Waals surface area contributed by atoms with Crippen molar-refractivity contribution >= 4 is 28.9 Å². The van der Waals surface area contributed by atoms with E-state index >= 15 is 0 Å². The number of halogens is 2. The quantitative estimate of drug-likeness (QED) is 0.838. The molecule has 20 heavy (non-hydrogen) atoms. The minimum atomic E-state index is 0.128. The van der Waals surface area contributed by atoms with E-state index in [-0.39, 0.29) is 11.7 Å². The molecule has 1 unspecified atom stereocenters. The van der Waals surface area contributed by atoms with E-state index < -0.39 is 0 Å². The zero-order valence-corrected chi connectivity index (χ0v) is 12.8. The van der Waals surface area contributed by atoms with Gasteiger partial charge in [-0.25, -0.2) is 0 Å². The van der Waals surface area contributed by atoms with Crippen LogP contribution >= 0.6 is 23.2 Å². The Balaban J connectivity index is 1.61. The number of nitrogen functional groups attached to an aromatic ring is 1. The summed E-state index contributed by atoms with van der Waals surface area (Å²) >= 11 is 12.2. The zero-order chi connectivity index (χ0) is 14.2. The molecule has 1 aromatic rings. The molecule has 1 aliphatic heterocycles. The van der Waals surface area contributed by atoms with Crippen molar-refractivity contribution in [1.82, 2.24) is 0 Å². The van der Waals surface area contributed by atoms with Crippen molar-refractivity contribution in [3.05, 3.63) is 22.2 Å². The molecule has 1 heterocycles. The van der Waals surface area contributed by atoms with Crippen molar-refractivity contribution in [1.29, 1.82) is 0 Å². The fourth-order valence-electron chi connectivity index (χ4n) is 3.29. The Bertz CT molecular complexity index is 478. The van der Waals surface area contributed by atoms with Crippen molar-refractivity contribution in [3.63, 3.8) is 0 Å². The molecule has 0 aromatic heterocycles. The molecule has 1 saturated carbocycles. The molecule has 3 nitrogen and oxygen atoms in total. The van der Waals surface area contributed by atoms with Gasteiger partial charge in [-0.1, -0.05) is 36.0 Å². The number of anilines is 1. The fourth-order valence-corrected chi connectivity index (χ4v) is 3.91. The molecule has 1 aromatic carbocycles. The molecule has 1 saturated heterocycles. The molecule has 1 atom stereocenters. The van der Waals surface area contributed by atoms with Crippen LogP contribution in [0.15, 0.2) is 12.1 Å². The van der Waals surface area contributed by atoms with Crippen LogP contribution in [0.1, 0.15) is 38.5 Å². The van der Waals surface area contributed by atoms with Gasteiger partial charge in [0.05, 0.1) is 21.8 Å². The van der Waals surface area contributed by atoms with E-state index in [2.05, 4.69) is 0 Å². The summed E-state index contributed by atoms with van der Waals surface area (Å²) in [5.74, 6) is 0.499. The Morgan fingerprint density at radius 2 is 1.85 bits per heavy atom. The maximum absolute atomic E-state index is 6.20. The van der Waals surface area contributed by atoms with Crippen LogP contribution in [-0.2, 0) is 4.74 Å². The first-order valence-electron chi connectivity index (χ1n) is 7.13. The Morgan fingerprint density at radius 3 is 2.50 bits per heavy atom. The maximum atomic E-state index is 6.20. The predicted molar refractivity (Wildman–Crippen MR) is 81.7 cm³/mol. The highest BCUT2D eigenvalue weighted by molar-refractivity contribution is 6.37. The lowest BCUT2D eigenvalue weighted by Gasteiger charge is -2.24. The van der Waals surface area contributed by atoms with E-state index in [0.717, 1.165) is 12.8 Å². The van der Waals surface area contributed by atoms with Gasteiger partial charge in [0.25, 0.3) is 0 Å². The van der Waals surface area contributed by atoms with Gasteiger partial charge in [0.2, 0.25) is 0 Å². The minimum Gasteiger partial charge on any atom is -0.488 e. The molecule has 5 heteroatoms. The van der Waals surface area contributed by atoms with Crippen molar-refractivity contribution in [2.45, 2.75) is 50.2 Å². The lowest BCUT2D eigenvalue weighted by atomic mass is 9.98. The number of rotatable bonds is 3. The third kappa shape index (κ3) is 2.85. The maximum Gasteiger partial charge on any atom is 0.156 e. The van der Waals surface area contributed by atoms with E-state index in [1.165, 1.54) is 25.7 Å². The Morgan fingerprint density at radius 1 is 1.20 bits per heavy atom. The van der Waals surface area contributed by atoms with Gasteiger partial charge in [0, 0.05) is 5.69 Å². The molecule has 3 rings (SSSR count). The van der Waals surface area contributed by atoms with Gasteiger partial charge in [0.1, 0.15) is 6.61 Å². The van der Waals surface area contributed by atoms with Crippen LogP contribution in [-0.4, -0.2) is 18.3 Å². The zero-order valence-electron chi connectivity index (χ0n) is 11.3. The van der Waals surface area contributed by atoms with Gasteiger partial charge >= 0.3 is 0 Å². The summed E-state index contributed by atoms with van der Waals surface area (Å²) in [5, 5.41) is 0.896.